The highest BCUT2D eigenvalue weighted by Gasteiger charge is 2.32. The first-order valence-corrected chi connectivity index (χ1v) is 10.1. The van der Waals surface area contributed by atoms with E-state index in [1.54, 1.807) is 6.07 Å². The van der Waals surface area contributed by atoms with Gasteiger partial charge in [-0.3, -0.25) is 4.98 Å². The molecule has 3 rings (SSSR count). The maximum atomic E-state index is 12.2. The van der Waals surface area contributed by atoms with E-state index in [1.807, 2.05) is 52.0 Å². The summed E-state index contributed by atoms with van der Waals surface area (Å²) >= 11 is 6.29. The summed E-state index contributed by atoms with van der Waals surface area (Å²) in [6, 6.07) is 13.7. The van der Waals surface area contributed by atoms with Gasteiger partial charge in [0.25, 0.3) is 0 Å². The van der Waals surface area contributed by atoms with Gasteiger partial charge in [-0.2, -0.15) is 0 Å². The van der Waals surface area contributed by atoms with Crippen molar-refractivity contribution in [3.05, 3.63) is 64.3 Å². The Kier molecular flexibility index (Phi) is 5.97. The summed E-state index contributed by atoms with van der Waals surface area (Å²) in [7, 11) is 0. The van der Waals surface area contributed by atoms with Crippen LogP contribution in [-0.4, -0.2) is 21.7 Å². The average Bonchev–Trinajstić information content (AvgIpc) is 2.65. The van der Waals surface area contributed by atoms with Crippen molar-refractivity contribution in [2.24, 2.45) is 0 Å². The van der Waals surface area contributed by atoms with Crippen LogP contribution in [0.15, 0.2) is 42.5 Å². The fraction of sp³-hybridized carbons (Fsp3) is 0.333. The van der Waals surface area contributed by atoms with E-state index in [1.165, 1.54) is 5.56 Å². The number of aromatic nitrogens is 1. The maximum Gasteiger partial charge on any atom is 0.337 e. The van der Waals surface area contributed by atoms with E-state index in [-0.39, 0.29) is 0 Å². The molecule has 5 heteroatoms. The van der Waals surface area contributed by atoms with E-state index in [9.17, 15) is 9.90 Å². The Hall–Kier alpha value is -2.43. The molecule has 1 atom stereocenters. The highest BCUT2D eigenvalue weighted by atomic mass is 35.5. The Labute approximate surface area is 176 Å². The van der Waals surface area contributed by atoms with Crippen LogP contribution in [0, 0.1) is 6.92 Å². The minimum atomic E-state index is -1.15. The third-order valence-electron chi connectivity index (χ3n) is 4.78. The zero-order chi connectivity index (χ0) is 21.3. The number of hydrogen-bond acceptors (Lipinski definition) is 3. The molecule has 0 fully saturated rings. The lowest BCUT2D eigenvalue weighted by Gasteiger charge is -2.28. The van der Waals surface area contributed by atoms with Crippen LogP contribution in [0.4, 0.5) is 0 Å². The van der Waals surface area contributed by atoms with Gasteiger partial charge in [-0.1, -0.05) is 42.8 Å². The number of aryl methyl sites for hydroxylation is 2. The number of rotatable bonds is 5. The number of fused-ring (bicyclic) bond motifs is 1. The van der Waals surface area contributed by atoms with Gasteiger partial charge >= 0.3 is 5.97 Å². The van der Waals surface area contributed by atoms with Crippen LogP contribution in [0.3, 0.4) is 0 Å². The number of carboxylic acid groups (broad SMARTS) is 1. The van der Waals surface area contributed by atoms with E-state index in [0.717, 1.165) is 28.5 Å². The number of carboxylic acids is 1. The molecule has 0 aliphatic carbocycles. The molecule has 0 radical (unpaired) electrons. The first kappa shape index (κ1) is 21.3. The van der Waals surface area contributed by atoms with Gasteiger partial charge in [0.15, 0.2) is 6.10 Å². The Morgan fingerprint density at radius 3 is 2.38 bits per heavy atom. The molecule has 1 aromatic heterocycles. The fourth-order valence-corrected chi connectivity index (χ4v) is 3.67. The van der Waals surface area contributed by atoms with Crippen molar-refractivity contribution in [1.82, 2.24) is 4.98 Å². The van der Waals surface area contributed by atoms with E-state index < -0.39 is 17.7 Å². The number of benzene rings is 2. The standard InChI is InChI=1S/C24H26ClNO3/c1-6-15-7-9-16(10-8-15)21-18-13-17(25)11-12-19(18)26-14(2)20(21)22(23(27)28)29-24(3,4)5/h7-13,22H,6H2,1-5H3,(H,27,28). The molecule has 1 N–H and O–H groups in total. The Balaban J connectivity index is 2.38. The van der Waals surface area contributed by atoms with Crippen LogP contribution in [0.5, 0.6) is 0 Å². The number of halogens is 1. The van der Waals surface area contributed by atoms with Crippen LogP contribution in [0.1, 0.15) is 50.6 Å². The lowest BCUT2D eigenvalue weighted by Crippen LogP contribution is -2.28. The van der Waals surface area contributed by atoms with E-state index in [2.05, 4.69) is 24.0 Å². The van der Waals surface area contributed by atoms with Crippen molar-refractivity contribution in [2.75, 3.05) is 0 Å². The lowest BCUT2D eigenvalue weighted by molar-refractivity contribution is -0.160. The summed E-state index contributed by atoms with van der Waals surface area (Å²) < 4.78 is 5.98. The van der Waals surface area contributed by atoms with Gasteiger partial charge in [0.2, 0.25) is 0 Å². The van der Waals surface area contributed by atoms with Gasteiger partial charge in [-0.05, 0) is 69.0 Å². The molecular weight excluding hydrogens is 386 g/mol. The summed E-state index contributed by atoms with van der Waals surface area (Å²) in [5.41, 5.74) is 4.25. The van der Waals surface area contributed by atoms with Crippen LogP contribution >= 0.6 is 11.6 Å². The highest BCUT2D eigenvalue weighted by Crippen LogP contribution is 2.40. The van der Waals surface area contributed by atoms with Gasteiger partial charge in [-0.15, -0.1) is 0 Å². The second kappa shape index (κ2) is 8.13. The number of ether oxygens (including phenoxy) is 1. The van der Waals surface area contributed by atoms with Gasteiger partial charge in [-0.25, -0.2) is 4.79 Å². The minimum absolute atomic E-state index is 0.562. The monoisotopic (exact) mass is 411 g/mol. The molecule has 0 aliphatic rings. The Bertz CT molecular complexity index is 1050. The maximum absolute atomic E-state index is 12.2. The topological polar surface area (TPSA) is 59.4 Å². The number of aliphatic carboxylic acids is 1. The molecule has 4 nitrogen and oxygen atoms in total. The number of hydrogen-bond donors (Lipinski definition) is 1. The quantitative estimate of drug-likeness (QED) is 0.530. The molecular formula is C24H26ClNO3. The van der Waals surface area contributed by atoms with Crippen LogP contribution in [0.2, 0.25) is 5.02 Å². The second-order valence-corrected chi connectivity index (χ2v) is 8.58. The predicted octanol–water partition coefficient (Wildman–Crippen LogP) is 6.37. The molecule has 3 aromatic rings. The molecule has 29 heavy (non-hydrogen) atoms. The molecule has 0 spiro atoms. The summed E-state index contributed by atoms with van der Waals surface area (Å²) in [6.07, 6.45) is -0.216. The number of carbonyl (C=O) groups is 1. The molecule has 1 unspecified atom stereocenters. The SMILES string of the molecule is CCc1ccc(-c2c(C(OC(C)(C)C)C(=O)O)c(C)nc3ccc(Cl)cc23)cc1. The first-order valence-electron chi connectivity index (χ1n) is 9.70. The molecule has 0 aliphatic heterocycles. The number of pyridine rings is 1. The van der Waals surface area contributed by atoms with Crippen molar-refractivity contribution >= 4 is 28.5 Å². The van der Waals surface area contributed by atoms with Crippen molar-refractivity contribution in [1.29, 1.82) is 0 Å². The van der Waals surface area contributed by atoms with Crippen LogP contribution < -0.4 is 0 Å². The van der Waals surface area contributed by atoms with Gasteiger partial charge in [0.05, 0.1) is 11.1 Å². The van der Waals surface area contributed by atoms with Gasteiger partial charge in [0, 0.05) is 21.7 Å². The predicted molar refractivity (Wildman–Crippen MR) is 118 cm³/mol. The fourth-order valence-electron chi connectivity index (χ4n) is 3.50. The van der Waals surface area contributed by atoms with E-state index in [0.29, 0.717) is 16.3 Å². The zero-order valence-corrected chi connectivity index (χ0v) is 18.2. The summed E-state index contributed by atoms with van der Waals surface area (Å²) in [4.78, 5) is 16.9. The number of nitrogens with zero attached hydrogens (tertiary/aromatic N) is 1. The summed E-state index contributed by atoms with van der Waals surface area (Å²) in [5, 5.41) is 11.4. The van der Waals surface area contributed by atoms with Gasteiger partial charge < -0.3 is 9.84 Å². The Morgan fingerprint density at radius 2 is 1.83 bits per heavy atom. The second-order valence-electron chi connectivity index (χ2n) is 8.15. The largest absolute Gasteiger partial charge is 0.479 e. The van der Waals surface area contributed by atoms with Crippen LogP contribution in [0.25, 0.3) is 22.0 Å². The van der Waals surface area contributed by atoms with Crippen molar-refractivity contribution < 1.29 is 14.6 Å². The van der Waals surface area contributed by atoms with E-state index >= 15 is 0 Å². The lowest BCUT2D eigenvalue weighted by atomic mass is 9.90. The molecule has 0 saturated carbocycles. The van der Waals surface area contributed by atoms with E-state index in [4.69, 9.17) is 16.3 Å². The molecule has 0 amide bonds. The first-order chi connectivity index (χ1) is 13.6. The van der Waals surface area contributed by atoms with Crippen molar-refractivity contribution in [3.8, 4) is 11.1 Å². The van der Waals surface area contributed by atoms with Crippen molar-refractivity contribution in [2.45, 2.75) is 52.7 Å². The summed E-state index contributed by atoms with van der Waals surface area (Å²) in [6.45, 7) is 9.47. The molecule has 152 valence electrons. The van der Waals surface area contributed by atoms with Gasteiger partial charge in [0.1, 0.15) is 0 Å². The third-order valence-corrected chi connectivity index (χ3v) is 5.02. The normalized spacial score (nSPS) is 12.9. The molecule has 0 bridgehead atoms. The minimum Gasteiger partial charge on any atom is -0.479 e. The summed E-state index contributed by atoms with van der Waals surface area (Å²) in [5.74, 6) is -1.04. The van der Waals surface area contributed by atoms with Crippen molar-refractivity contribution in [3.63, 3.8) is 0 Å². The molecule has 2 aromatic carbocycles. The molecule has 0 saturated heterocycles. The highest BCUT2D eigenvalue weighted by molar-refractivity contribution is 6.31. The Morgan fingerprint density at radius 1 is 1.17 bits per heavy atom. The average molecular weight is 412 g/mol. The molecule has 1 heterocycles. The smallest absolute Gasteiger partial charge is 0.337 e. The third kappa shape index (κ3) is 4.60. The zero-order valence-electron chi connectivity index (χ0n) is 17.4. The van der Waals surface area contributed by atoms with Crippen LogP contribution in [-0.2, 0) is 16.0 Å².